The predicted molar refractivity (Wildman–Crippen MR) is 123 cm³/mol. The molecule has 0 aliphatic carbocycles. The fourth-order valence-corrected chi connectivity index (χ4v) is 4.91. The van der Waals surface area contributed by atoms with Gasteiger partial charge in [-0.25, -0.2) is 0 Å². The molecule has 4 rings (SSSR count). The van der Waals surface area contributed by atoms with Gasteiger partial charge in [0.15, 0.2) is 0 Å². The number of thiophene rings is 1. The van der Waals surface area contributed by atoms with E-state index in [2.05, 4.69) is 22.0 Å². The minimum Gasteiger partial charge on any atom is -0.339 e. The van der Waals surface area contributed by atoms with E-state index in [4.69, 9.17) is 4.52 Å². The van der Waals surface area contributed by atoms with Crippen molar-refractivity contribution in [1.82, 2.24) is 19.9 Å². The Morgan fingerprint density at radius 3 is 2.68 bits per heavy atom. The van der Waals surface area contributed by atoms with Crippen molar-refractivity contribution in [2.45, 2.75) is 45.1 Å². The molecule has 1 fully saturated rings. The lowest BCUT2D eigenvalue weighted by Crippen LogP contribution is -2.47. The van der Waals surface area contributed by atoms with Crippen molar-refractivity contribution in [2.75, 3.05) is 26.2 Å². The van der Waals surface area contributed by atoms with E-state index in [-0.39, 0.29) is 5.91 Å². The largest absolute Gasteiger partial charge is 0.339 e. The van der Waals surface area contributed by atoms with E-state index in [0.717, 1.165) is 68.7 Å². The average Bonchev–Trinajstić information content (AvgIpc) is 3.51. The number of aromatic nitrogens is 2. The van der Waals surface area contributed by atoms with E-state index in [1.54, 1.807) is 11.3 Å². The molecule has 31 heavy (non-hydrogen) atoms. The SMILES string of the molecule is CCCN(CCCc1nc(-c2cccs2)no1)C1CCN(C(=O)c2ccccc2)CC1. The number of carbonyl (C=O) groups excluding carboxylic acids is 1. The Morgan fingerprint density at radius 2 is 1.97 bits per heavy atom. The summed E-state index contributed by atoms with van der Waals surface area (Å²) in [6.07, 6.45) is 4.98. The van der Waals surface area contributed by atoms with Crippen LogP contribution in [0.25, 0.3) is 10.7 Å². The standard InChI is InChI=1S/C24H30N4O2S/c1-2-14-27(15-6-11-22-25-23(26-30-22)21-10-7-18-31-21)20-12-16-28(17-13-20)24(29)19-8-4-3-5-9-19/h3-5,7-10,18,20H,2,6,11-17H2,1H3. The molecule has 0 N–H and O–H groups in total. The summed E-state index contributed by atoms with van der Waals surface area (Å²) < 4.78 is 5.44. The molecule has 2 aromatic heterocycles. The highest BCUT2D eigenvalue weighted by Crippen LogP contribution is 2.22. The van der Waals surface area contributed by atoms with Gasteiger partial charge in [0.1, 0.15) is 0 Å². The van der Waals surface area contributed by atoms with Gasteiger partial charge in [0, 0.05) is 31.1 Å². The third kappa shape index (κ3) is 5.60. The Hall–Kier alpha value is -2.51. The summed E-state index contributed by atoms with van der Waals surface area (Å²) >= 11 is 1.62. The van der Waals surface area contributed by atoms with Crippen molar-refractivity contribution in [1.29, 1.82) is 0 Å². The van der Waals surface area contributed by atoms with Crippen molar-refractivity contribution in [2.24, 2.45) is 0 Å². The maximum atomic E-state index is 12.7. The Bertz CT molecular complexity index is 934. The lowest BCUT2D eigenvalue weighted by molar-refractivity contribution is 0.0616. The van der Waals surface area contributed by atoms with Crippen LogP contribution in [0, 0.1) is 0 Å². The highest BCUT2D eigenvalue weighted by molar-refractivity contribution is 7.13. The monoisotopic (exact) mass is 438 g/mol. The maximum absolute atomic E-state index is 12.7. The Labute approximate surface area is 187 Å². The van der Waals surface area contributed by atoms with Gasteiger partial charge < -0.3 is 14.3 Å². The first-order valence-electron chi connectivity index (χ1n) is 11.2. The summed E-state index contributed by atoms with van der Waals surface area (Å²) in [4.78, 5) is 22.9. The molecule has 6 nitrogen and oxygen atoms in total. The highest BCUT2D eigenvalue weighted by atomic mass is 32.1. The molecule has 7 heteroatoms. The van der Waals surface area contributed by atoms with Crippen molar-refractivity contribution >= 4 is 17.2 Å². The Morgan fingerprint density at radius 1 is 1.16 bits per heavy atom. The Kier molecular flexibility index (Phi) is 7.48. The molecule has 3 heterocycles. The molecule has 1 saturated heterocycles. The van der Waals surface area contributed by atoms with E-state index >= 15 is 0 Å². The highest BCUT2D eigenvalue weighted by Gasteiger charge is 2.27. The first kappa shape index (κ1) is 21.7. The van der Waals surface area contributed by atoms with Gasteiger partial charge in [0.25, 0.3) is 5.91 Å². The average molecular weight is 439 g/mol. The predicted octanol–water partition coefficient (Wildman–Crippen LogP) is 4.75. The lowest BCUT2D eigenvalue weighted by Gasteiger charge is -2.38. The number of hydrogen-bond acceptors (Lipinski definition) is 6. The van der Waals surface area contributed by atoms with E-state index in [9.17, 15) is 4.79 Å². The molecule has 0 spiro atoms. The second kappa shape index (κ2) is 10.7. The number of rotatable bonds is 9. The van der Waals surface area contributed by atoms with Crippen LogP contribution >= 0.6 is 11.3 Å². The van der Waals surface area contributed by atoms with Gasteiger partial charge >= 0.3 is 0 Å². The van der Waals surface area contributed by atoms with Crippen molar-refractivity contribution in [3.05, 3.63) is 59.3 Å². The third-order valence-corrected chi connectivity index (χ3v) is 6.71. The smallest absolute Gasteiger partial charge is 0.253 e. The minimum atomic E-state index is 0.152. The van der Waals surface area contributed by atoms with E-state index in [0.29, 0.717) is 17.8 Å². The summed E-state index contributed by atoms with van der Waals surface area (Å²) in [6, 6.07) is 14.1. The quantitative estimate of drug-likeness (QED) is 0.483. The van der Waals surface area contributed by atoms with E-state index in [1.165, 1.54) is 0 Å². The number of piperidine rings is 1. The van der Waals surface area contributed by atoms with Crippen LogP contribution < -0.4 is 0 Å². The molecular formula is C24H30N4O2S. The van der Waals surface area contributed by atoms with Crippen molar-refractivity contribution < 1.29 is 9.32 Å². The normalized spacial score (nSPS) is 15.0. The van der Waals surface area contributed by atoms with Gasteiger partial charge in [-0.15, -0.1) is 11.3 Å². The van der Waals surface area contributed by atoms with Crippen LogP contribution in [-0.2, 0) is 6.42 Å². The molecule has 0 bridgehead atoms. The number of hydrogen-bond donors (Lipinski definition) is 0. The molecule has 0 atom stereocenters. The van der Waals surface area contributed by atoms with Gasteiger partial charge in [-0.05, 0) is 62.4 Å². The number of likely N-dealkylation sites (tertiary alicyclic amines) is 1. The second-order valence-electron chi connectivity index (χ2n) is 8.02. The van der Waals surface area contributed by atoms with Crippen LogP contribution in [0.2, 0.25) is 0 Å². The lowest BCUT2D eigenvalue weighted by atomic mass is 10.0. The molecular weight excluding hydrogens is 408 g/mol. The van der Waals surface area contributed by atoms with E-state index < -0.39 is 0 Å². The first-order valence-corrected chi connectivity index (χ1v) is 12.1. The van der Waals surface area contributed by atoms with Gasteiger partial charge in [-0.1, -0.05) is 36.3 Å². The zero-order valence-electron chi connectivity index (χ0n) is 18.1. The molecule has 1 amide bonds. The first-order chi connectivity index (χ1) is 15.2. The fourth-order valence-electron chi connectivity index (χ4n) is 4.26. The second-order valence-corrected chi connectivity index (χ2v) is 8.97. The summed E-state index contributed by atoms with van der Waals surface area (Å²) in [7, 11) is 0. The van der Waals surface area contributed by atoms with Crippen LogP contribution in [-0.4, -0.2) is 58.1 Å². The molecule has 3 aromatic rings. The molecule has 0 unspecified atom stereocenters. The number of amides is 1. The zero-order valence-corrected chi connectivity index (χ0v) is 18.9. The topological polar surface area (TPSA) is 62.5 Å². The molecule has 1 aromatic carbocycles. The molecule has 164 valence electrons. The molecule has 0 radical (unpaired) electrons. The van der Waals surface area contributed by atoms with Gasteiger partial charge in [-0.3, -0.25) is 4.79 Å². The van der Waals surface area contributed by atoms with Crippen molar-refractivity contribution in [3.63, 3.8) is 0 Å². The van der Waals surface area contributed by atoms with Crippen molar-refractivity contribution in [3.8, 4) is 10.7 Å². The van der Waals surface area contributed by atoms with Crippen LogP contribution in [0.3, 0.4) is 0 Å². The molecule has 1 aliphatic heterocycles. The Balaban J connectivity index is 1.26. The van der Waals surface area contributed by atoms with Crippen LogP contribution in [0.4, 0.5) is 0 Å². The number of benzene rings is 1. The van der Waals surface area contributed by atoms with Gasteiger partial charge in [-0.2, -0.15) is 4.98 Å². The number of aryl methyl sites for hydroxylation is 1. The van der Waals surface area contributed by atoms with Gasteiger partial charge in [0.2, 0.25) is 11.7 Å². The molecule has 0 saturated carbocycles. The summed E-state index contributed by atoms with van der Waals surface area (Å²) in [5.74, 6) is 1.55. The maximum Gasteiger partial charge on any atom is 0.253 e. The number of nitrogens with zero attached hydrogens (tertiary/aromatic N) is 4. The van der Waals surface area contributed by atoms with E-state index in [1.807, 2.05) is 52.7 Å². The fraction of sp³-hybridized carbons (Fsp3) is 0.458. The zero-order chi connectivity index (χ0) is 21.5. The summed E-state index contributed by atoms with van der Waals surface area (Å²) in [5, 5.41) is 6.13. The summed E-state index contributed by atoms with van der Waals surface area (Å²) in [6.45, 7) is 5.98. The minimum absolute atomic E-state index is 0.152. The van der Waals surface area contributed by atoms with Gasteiger partial charge in [0.05, 0.1) is 4.88 Å². The van der Waals surface area contributed by atoms with Crippen LogP contribution in [0.15, 0.2) is 52.4 Å². The van der Waals surface area contributed by atoms with Crippen LogP contribution in [0.1, 0.15) is 48.9 Å². The molecule has 1 aliphatic rings. The third-order valence-electron chi connectivity index (χ3n) is 5.85. The summed E-state index contributed by atoms with van der Waals surface area (Å²) in [5.41, 5.74) is 0.785. The van der Waals surface area contributed by atoms with Crippen LogP contribution in [0.5, 0.6) is 0 Å². The number of carbonyl (C=O) groups is 1.